The normalized spacial score (nSPS) is 12.2. The van der Waals surface area contributed by atoms with Gasteiger partial charge in [0.2, 0.25) is 5.91 Å². The van der Waals surface area contributed by atoms with Gasteiger partial charge in [0.05, 0.1) is 6.04 Å². The molecule has 17 heavy (non-hydrogen) atoms. The van der Waals surface area contributed by atoms with Crippen LogP contribution in [0.5, 0.6) is 0 Å². The molecule has 0 heterocycles. The molecule has 1 amide bonds. The van der Waals surface area contributed by atoms with Crippen molar-refractivity contribution in [2.75, 3.05) is 6.61 Å². The van der Waals surface area contributed by atoms with E-state index in [2.05, 4.69) is 5.32 Å². The van der Waals surface area contributed by atoms with Crippen LogP contribution in [0.25, 0.3) is 0 Å². The van der Waals surface area contributed by atoms with Crippen LogP contribution in [-0.2, 0) is 4.79 Å². The van der Waals surface area contributed by atoms with Crippen molar-refractivity contribution in [3.8, 4) is 0 Å². The second-order valence-electron chi connectivity index (χ2n) is 4.02. The predicted octanol–water partition coefficient (Wildman–Crippen LogP) is 2.68. The molecule has 2 N–H and O–H groups in total. The number of carbonyl (C=O) groups excluding carboxylic acids is 1. The molecule has 0 fully saturated rings. The lowest BCUT2D eigenvalue weighted by molar-refractivity contribution is -0.121. The zero-order valence-electron chi connectivity index (χ0n) is 9.95. The first-order valence-electron chi connectivity index (χ1n) is 5.79. The lowest BCUT2D eigenvalue weighted by Crippen LogP contribution is -2.26. The van der Waals surface area contributed by atoms with Gasteiger partial charge in [0.1, 0.15) is 0 Å². The van der Waals surface area contributed by atoms with E-state index in [-0.39, 0.29) is 18.6 Å². The Hall–Kier alpha value is -1.06. The first-order valence-corrected chi connectivity index (χ1v) is 6.17. The Bertz CT molecular complexity index is 368. The first kappa shape index (κ1) is 14.0. The Morgan fingerprint density at radius 2 is 2.24 bits per heavy atom. The van der Waals surface area contributed by atoms with Crippen LogP contribution in [0.3, 0.4) is 0 Å². The van der Waals surface area contributed by atoms with Gasteiger partial charge in [-0.05, 0) is 37.5 Å². The minimum atomic E-state index is -0.0460. The van der Waals surface area contributed by atoms with Crippen molar-refractivity contribution < 1.29 is 9.90 Å². The first-order chi connectivity index (χ1) is 8.13. The molecule has 0 aliphatic rings. The number of halogens is 1. The van der Waals surface area contributed by atoms with Crippen LogP contribution in [0.15, 0.2) is 24.3 Å². The summed E-state index contributed by atoms with van der Waals surface area (Å²) >= 11 is 5.89. The van der Waals surface area contributed by atoms with Gasteiger partial charge in [0.15, 0.2) is 0 Å². The van der Waals surface area contributed by atoms with Gasteiger partial charge >= 0.3 is 0 Å². The molecule has 0 spiro atoms. The van der Waals surface area contributed by atoms with Crippen molar-refractivity contribution in [2.24, 2.45) is 0 Å². The van der Waals surface area contributed by atoms with Crippen molar-refractivity contribution >= 4 is 17.5 Å². The Kier molecular flexibility index (Phi) is 6.01. The lowest BCUT2D eigenvalue weighted by atomic mass is 10.1. The van der Waals surface area contributed by atoms with Crippen LogP contribution >= 0.6 is 11.6 Å². The highest BCUT2D eigenvalue weighted by Crippen LogP contribution is 2.17. The fourth-order valence-corrected chi connectivity index (χ4v) is 1.77. The Morgan fingerprint density at radius 3 is 2.88 bits per heavy atom. The smallest absolute Gasteiger partial charge is 0.220 e. The SMILES string of the molecule is C[C@@H](NC(=O)CCCCO)c1cccc(Cl)c1. The van der Waals surface area contributed by atoms with Gasteiger partial charge < -0.3 is 10.4 Å². The van der Waals surface area contributed by atoms with E-state index in [1.54, 1.807) is 6.07 Å². The number of unbranched alkanes of at least 4 members (excludes halogenated alkanes) is 1. The monoisotopic (exact) mass is 255 g/mol. The highest BCUT2D eigenvalue weighted by molar-refractivity contribution is 6.30. The summed E-state index contributed by atoms with van der Waals surface area (Å²) in [5, 5.41) is 12.2. The Morgan fingerprint density at radius 1 is 1.47 bits per heavy atom. The van der Waals surface area contributed by atoms with Crippen LogP contribution < -0.4 is 5.32 Å². The average Bonchev–Trinajstić information content (AvgIpc) is 2.29. The van der Waals surface area contributed by atoms with Gasteiger partial charge in [-0.2, -0.15) is 0 Å². The molecule has 1 aromatic carbocycles. The summed E-state index contributed by atoms with van der Waals surface area (Å²) in [6, 6.07) is 7.41. The maximum absolute atomic E-state index is 11.6. The summed E-state index contributed by atoms with van der Waals surface area (Å²) < 4.78 is 0. The maximum Gasteiger partial charge on any atom is 0.220 e. The molecule has 0 aromatic heterocycles. The summed E-state index contributed by atoms with van der Waals surface area (Å²) in [7, 11) is 0. The number of amides is 1. The topological polar surface area (TPSA) is 49.3 Å². The van der Waals surface area contributed by atoms with Crippen molar-refractivity contribution in [3.63, 3.8) is 0 Å². The minimum Gasteiger partial charge on any atom is -0.396 e. The second-order valence-corrected chi connectivity index (χ2v) is 4.46. The van der Waals surface area contributed by atoms with E-state index in [0.717, 1.165) is 5.56 Å². The number of rotatable bonds is 6. The summed E-state index contributed by atoms with van der Waals surface area (Å²) in [5.74, 6) is 0.00549. The molecule has 1 aromatic rings. The zero-order chi connectivity index (χ0) is 12.7. The molecule has 1 atom stereocenters. The third-order valence-corrected chi connectivity index (χ3v) is 2.77. The number of benzene rings is 1. The van der Waals surface area contributed by atoms with Gasteiger partial charge in [-0.1, -0.05) is 23.7 Å². The maximum atomic E-state index is 11.6. The van der Waals surface area contributed by atoms with Crippen LogP contribution in [0.2, 0.25) is 5.02 Å². The fourth-order valence-electron chi connectivity index (χ4n) is 1.57. The number of nitrogens with one attached hydrogen (secondary N) is 1. The summed E-state index contributed by atoms with van der Waals surface area (Å²) in [4.78, 5) is 11.6. The summed E-state index contributed by atoms with van der Waals surface area (Å²) in [6.45, 7) is 2.06. The predicted molar refractivity (Wildman–Crippen MR) is 68.9 cm³/mol. The van der Waals surface area contributed by atoms with E-state index in [9.17, 15) is 4.79 Å². The average molecular weight is 256 g/mol. The molecule has 4 heteroatoms. The van der Waals surface area contributed by atoms with Crippen LogP contribution in [-0.4, -0.2) is 17.6 Å². The highest BCUT2D eigenvalue weighted by Gasteiger charge is 2.09. The van der Waals surface area contributed by atoms with Crippen molar-refractivity contribution in [1.82, 2.24) is 5.32 Å². The Balaban J connectivity index is 2.43. The molecular weight excluding hydrogens is 238 g/mol. The van der Waals surface area contributed by atoms with Crippen LogP contribution in [0.4, 0.5) is 0 Å². The molecule has 3 nitrogen and oxygen atoms in total. The van der Waals surface area contributed by atoms with E-state index < -0.39 is 0 Å². The molecule has 0 unspecified atom stereocenters. The lowest BCUT2D eigenvalue weighted by Gasteiger charge is -2.14. The third-order valence-electron chi connectivity index (χ3n) is 2.54. The van der Waals surface area contributed by atoms with Gasteiger partial charge in [0, 0.05) is 18.1 Å². The fraction of sp³-hybridized carbons (Fsp3) is 0.462. The standard InChI is InChI=1S/C13H18ClNO2/c1-10(11-5-4-6-12(14)9-11)15-13(17)7-2-3-8-16/h4-6,9-10,16H,2-3,7-8H2,1H3,(H,15,17)/t10-/m1/s1. The molecular formula is C13H18ClNO2. The number of aliphatic hydroxyl groups is 1. The molecule has 0 aliphatic carbocycles. The number of aliphatic hydroxyl groups excluding tert-OH is 1. The van der Waals surface area contributed by atoms with E-state index >= 15 is 0 Å². The number of carbonyl (C=O) groups is 1. The zero-order valence-corrected chi connectivity index (χ0v) is 10.7. The van der Waals surface area contributed by atoms with Gasteiger partial charge in [-0.15, -0.1) is 0 Å². The molecule has 0 bridgehead atoms. The third kappa shape index (κ3) is 5.20. The van der Waals surface area contributed by atoms with E-state index in [4.69, 9.17) is 16.7 Å². The molecule has 94 valence electrons. The van der Waals surface area contributed by atoms with Gasteiger partial charge in [-0.25, -0.2) is 0 Å². The largest absolute Gasteiger partial charge is 0.396 e. The quantitative estimate of drug-likeness (QED) is 0.768. The van der Waals surface area contributed by atoms with Crippen molar-refractivity contribution in [2.45, 2.75) is 32.2 Å². The Labute approximate surface area is 107 Å². The molecule has 0 saturated carbocycles. The summed E-state index contributed by atoms with van der Waals surface area (Å²) in [6.07, 6.45) is 1.83. The van der Waals surface area contributed by atoms with Crippen LogP contribution in [0, 0.1) is 0 Å². The minimum absolute atomic E-state index is 0.00549. The van der Waals surface area contributed by atoms with Gasteiger partial charge in [0.25, 0.3) is 0 Å². The van der Waals surface area contributed by atoms with Crippen molar-refractivity contribution in [3.05, 3.63) is 34.9 Å². The summed E-state index contributed by atoms with van der Waals surface area (Å²) in [5.41, 5.74) is 0.994. The van der Waals surface area contributed by atoms with E-state index in [0.29, 0.717) is 24.3 Å². The second kappa shape index (κ2) is 7.30. The molecule has 0 saturated heterocycles. The van der Waals surface area contributed by atoms with E-state index in [1.165, 1.54) is 0 Å². The highest BCUT2D eigenvalue weighted by atomic mass is 35.5. The number of hydrogen-bond donors (Lipinski definition) is 2. The van der Waals surface area contributed by atoms with Crippen molar-refractivity contribution in [1.29, 1.82) is 0 Å². The number of hydrogen-bond acceptors (Lipinski definition) is 2. The van der Waals surface area contributed by atoms with Crippen LogP contribution in [0.1, 0.15) is 37.8 Å². The van der Waals surface area contributed by atoms with Gasteiger partial charge in [-0.3, -0.25) is 4.79 Å². The van der Waals surface area contributed by atoms with E-state index in [1.807, 2.05) is 25.1 Å². The molecule has 1 rings (SSSR count). The molecule has 0 aliphatic heterocycles. The molecule has 0 radical (unpaired) electrons.